The van der Waals surface area contributed by atoms with Crippen LogP contribution in [0.1, 0.15) is 43.4 Å². The van der Waals surface area contributed by atoms with Gasteiger partial charge in [-0.1, -0.05) is 66.2 Å². The van der Waals surface area contributed by atoms with Crippen molar-refractivity contribution in [2.24, 2.45) is 11.7 Å². The topological polar surface area (TPSA) is 116 Å². The molecular weight excluding hydrogens is 578 g/mol. The van der Waals surface area contributed by atoms with Gasteiger partial charge in [-0.05, 0) is 80.4 Å². The molecule has 0 aliphatic carbocycles. The Hall–Kier alpha value is -3.95. The first-order valence-electron chi connectivity index (χ1n) is 15.2. The summed E-state index contributed by atoms with van der Waals surface area (Å²) in [5.74, 6) is -1.69. The zero-order valence-electron chi connectivity index (χ0n) is 25.2. The molecule has 2 aliphatic heterocycles. The average Bonchev–Trinajstić information content (AvgIpc) is 3.14. The van der Waals surface area contributed by atoms with Gasteiger partial charge >= 0.3 is 0 Å². The lowest BCUT2D eigenvalue weighted by Crippen LogP contribution is -2.53. The minimum absolute atomic E-state index is 0.146. The van der Waals surface area contributed by atoms with Gasteiger partial charge in [0.25, 0.3) is 5.91 Å². The summed E-state index contributed by atoms with van der Waals surface area (Å²) >= 11 is 6.36. The summed E-state index contributed by atoms with van der Waals surface area (Å²) in [5, 5.41) is 5.27. The van der Waals surface area contributed by atoms with Crippen LogP contribution in [0.2, 0.25) is 5.02 Å². The number of nitrogens with one attached hydrogen (secondary N) is 1. The van der Waals surface area contributed by atoms with Gasteiger partial charge in [-0.2, -0.15) is 0 Å². The number of primary amides is 1. The second kappa shape index (κ2) is 13.8. The number of rotatable bonds is 8. The highest BCUT2D eigenvalue weighted by atomic mass is 35.5. The number of fused-ring (bicyclic) bond motifs is 1. The van der Waals surface area contributed by atoms with Crippen molar-refractivity contribution in [3.8, 4) is 0 Å². The van der Waals surface area contributed by atoms with Crippen LogP contribution >= 0.6 is 11.6 Å². The second-order valence-corrected chi connectivity index (χ2v) is 12.4. The summed E-state index contributed by atoms with van der Waals surface area (Å²) in [6.07, 6.45) is 2.14. The number of carbonyl (C=O) groups excluding carboxylic acids is 4. The van der Waals surface area contributed by atoms with Crippen molar-refractivity contribution in [2.75, 3.05) is 33.2 Å². The Morgan fingerprint density at radius 1 is 0.977 bits per heavy atom. The number of hydrogen-bond donors (Lipinski definition) is 2. The maximum absolute atomic E-state index is 14.5. The normalized spacial score (nSPS) is 20.8. The number of amides is 4. The van der Waals surface area contributed by atoms with Crippen LogP contribution in [-0.4, -0.2) is 83.6 Å². The van der Waals surface area contributed by atoms with Crippen molar-refractivity contribution in [1.29, 1.82) is 0 Å². The van der Waals surface area contributed by atoms with Crippen molar-refractivity contribution in [2.45, 2.75) is 50.7 Å². The Morgan fingerprint density at radius 3 is 2.41 bits per heavy atom. The lowest BCUT2D eigenvalue weighted by atomic mass is 9.96. The van der Waals surface area contributed by atoms with Crippen LogP contribution in [0.3, 0.4) is 0 Å². The largest absolute Gasteiger partial charge is 0.368 e. The molecule has 0 spiro atoms. The minimum Gasteiger partial charge on any atom is -0.368 e. The highest BCUT2D eigenvalue weighted by Crippen LogP contribution is 2.33. The molecule has 3 aromatic rings. The number of nitrogens with two attached hydrogens (primary N) is 1. The molecule has 3 atom stereocenters. The maximum Gasteiger partial charge on any atom is 0.250 e. The van der Waals surface area contributed by atoms with Gasteiger partial charge in [0.15, 0.2) is 0 Å². The zero-order valence-corrected chi connectivity index (χ0v) is 26.0. The zero-order chi connectivity index (χ0) is 31.4. The molecule has 3 N–H and O–H groups in total. The predicted molar refractivity (Wildman–Crippen MR) is 171 cm³/mol. The highest BCUT2D eigenvalue weighted by molar-refractivity contribution is 6.30. The highest BCUT2D eigenvalue weighted by Gasteiger charge is 2.43. The van der Waals surface area contributed by atoms with Crippen molar-refractivity contribution >= 4 is 46.0 Å². The van der Waals surface area contributed by atoms with Crippen molar-refractivity contribution < 1.29 is 19.2 Å². The first-order valence-corrected chi connectivity index (χ1v) is 15.6. The monoisotopic (exact) mass is 617 g/mol. The number of benzene rings is 3. The second-order valence-electron chi connectivity index (χ2n) is 12.0. The van der Waals surface area contributed by atoms with E-state index in [0.29, 0.717) is 17.0 Å². The van der Waals surface area contributed by atoms with Gasteiger partial charge in [0.05, 0.1) is 6.54 Å². The van der Waals surface area contributed by atoms with Crippen LogP contribution in [0.5, 0.6) is 0 Å². The molecule has 0 unspecified atom stereocenters. The number of carbonyl (C=O) groups is 4. The van der Waals surface area contributed by atoms with Gasteiger partial charge in [-0.25, -0.2) is 0 Å². The number of halogens is 1. The number of likely N-dealkylation sites (tertiary alicyclic amines) is 1. The Bertz CT molecular complexity index is 1530. The Morgan fingerprint density at radius 2 is 1.68 bits per heavy atom. The van der Waals surface area contributed by atoms with E-state index in [1.165, 1.54) is 4.90 Å². The molecule has 44 heavy (non-hydrogen) atoms. The quantitative estimate of drug-likeness (QED) is 0.401. The van der Waals surface area contributed by atoms with Crippen molar-refractivity contribution in [3.05, 3.63) is 82.9 Å². The van der Waals surface area contributed by atoms with Crippen LogP contribution < -0.4 is 11.1 Å². The Kier molecular flexibility index (Phi) is 9.86. The number of piperidine rings is 1. The molecule has 5 rings (SSSR count). The molecule has 2 saturated heterocycles. The SMILES string of the molecule is C[C@@H]1CCN([C@H](Cc2cccc3ccccc23)C(N)=O)C(=O)[C@H](c2cccc(Cl)c2)N1C(=O)CNC(=O)C1CCN(C)CC1. The fourth-order valence-corrected chi connectivity index (χ4v) is 6.70. The van der Waals surface area contributed by atoms with Gasteiger partial charge in [0.2, 0.25) is 17.7 Å². The van der Waals surface area contributed by atoms with Gasteiger partial charge in [0, 0.05) is 29.9 Å². The molecule has 4 amide bonds. The lowest BCUT2D eigenvalue weighted by Gasteiger charge is -2.36. The first kappa shape index (κ1) is 31.5. The summed E-state index contributed by atoms with van der Waals surface area (Å²) in [5.41, 5.74) is 7.42. The van der Waals surface area contributed by atoms with E-state index in [0.717, 1.165) is 42.3 Å². The summed E-state index contributed by atoms with van der Waals surface area (Å²) in [4.78, 5) is 59.6. The lowest BCUT2D eigenvalue weighted by molar-refractivity contribution is -0.148. The third-order valence-corrected chi connectivity index (χ3v) is 9.25. The molecule has 0 saturated carbocycles. The van der Waals surface area contributed by atoms with E-state index in [-0.39, 0.29) is 43.3 Å². The van der Waals surface area contributed by atoms with Gasteiger partial charge in [0.1, 0.15) is 12.1 Å². The molecule has 232 valence electrons. The van der Waals surface area contributed by atoms with Crippen LogP contribution in [0.15, 0.2) is 66.7 Å². The fraction of sp³-hybridized carbons (Fsp3) is 0.412. The number of nitrogens with zero attached hydrogens (tertiary/aromatic N) is 3. The predicted octanol–water partition coefficient (Wildman–Crippen LogP) is 3.54. The summed E-state index contributed by atoms with van der Waals surface area (Å²) in [6.45, 7) is 3.55. The van der Waals surface area contributed by atoms with Gasteiger partial charge in [-0.15, -0.1) is 0 Å². The van der Waals surface area contributed by atoms with Crippen molar-refractivity contribution in [3.63, 3.8) is 0 Å². The first-order chi connectivity index (χ1) is 21.1. The standard InChI is InChI=1S/C34H40ClN5O4/c1-22-13-18-39(29(32(36)42)20-25-9-5-8-23-7-3-4-12-28(23)25)34(44)31(26-10-6-11-27(35)19-26)40(22)30(41)21-37-33(43)24-14-16-38(2)17-15-24/h3-12,19,22,24,29,31H,13-18,20-21H2,1-2H3,(H2,36,42)(H,37,43)/t22-,29-,31+/m1/s1. The van der Waals surface area contributed by atoms with E-state index in [1.54, 1.807) is 29.2 Å². The van der Waals surface area contributed by atoms with Crippen LogP contribution in [0.4, 0.5) is 0 Å². The average molecular weight is 618 g/mol. The van der Waals surface area contributed by atoms with E-state index in [2.05, 4.69) is 10.2 Å². The smallest absolute Gasteiger partial charge is 0.250 e. The summed E-state index contributed by atoms with van der Waals surface area (Å²) in [7, 11) is 2.03. The summed E-state index contributed by atoms with van der Waals surface area (Å²) < 4.78 is 0. The number of hydrogen-bond acceptors (Lipinski definition) is 5. The maximum atomic E-state index is 14.5. The third-order valence-electron chi connectivity index (χ3n) is 9.01. The third kappa shape index (κ3) is 6.89. The Balaban J connectivity index is 1.44. The van der Waals surface area contributed by atoms with Crippen LogP contribution in [0.25, 0.3) is 10.8 Å². The Labute approximate surface area is 263 Å². The minimum atomic E-state index is -1.05. The fourth-order valence-electron chi connectivity index (χ4n) is 6.50. The molecule has 9 nitrogen and oxygen atoms in total. The molecule has 10 heteroatoms. The molecular formula is C34H40ClN5O4. The van der Waals surface area contributed by atoms with Crippen LogP contribution in [-0.2, 0) is 25.6 Å². The molecule has 2 heterocycles. The van der Waals surface area contributed by atoms with Gasteiger partial charge < -0.3 is 25.8 Å². The van der Waals surface area contributed by atoms with E-state index in [4.69, 9.17) is 17.3 Å². The van der Waals surface area contributed by atoms with Crippen LogP contribution in [0, 0.1) is 5.92 Å². The molecule has 0 bridgehead atoms. The molecule has 0 aromatic heterocycles. The van der Waals surface area contributed by atoms with Gasteiger partial charge in [-0.3, -0.25) is 19.2 Å². The van der Waals surface area contributed by atoms with E-state index in [1.807, 2.05) is 56.4 Å². The van der Waals surface area contributed by atoms with E-state index in [9.17, 15) is 19.2 Å². The molecule has 0 radical (unpaired) electrons. The molecule has 2 aliphatic rings. The van der Waals surface area contributed by atoms with Crippen molar-refractivity contribution in [1.82, 2.24) is 20.0 Å². The molecule has 2 fully saturated rings. The summed E-state index contributed by atoms with van der Waals surface area (Å²) in [6, 6.07) is 18.3. The molecule has 3 aromatic carbocycles. The van der Waals surface area contributed by atoms with E-state index >= 15 is 0 Å². The van der Waals surface area contributed by atoms with E-state index < -0.39 is 23.9 Å².